The van der Waals surface area contributed by atoms with Gasteiger partial charge in [-0.15, -0.1) is 0 Å². The fourth-order valence-corrected chi connectivity index (χ4v) is 6.51. The zero-order valence-corrected chi connectivity index (χ0v) is 26.9. The standard InChI is InChI=1S/C36H42N8O4/c45-27-9-15-43(16-10-27)19-13-37-35(47)25-5-7-29-31(21-25)41-33(39-29)23-1-2-24(4-3-23)34-40-30-8-6-26(22-32(30)42-34)36(48)38-14-20-44-17-11-28(46)12-18-44/h1-8,21-22,27-28,45-46H,9-20H2,(H,37,47)(H,38,48)(H,39,41)(H,40,42). The highest BCUT2D eigenvalue weighted by atomic mass is 16.3. The Labute approximate surface area is 278 Å². The molecule has 0 bridgehead atoms. The minimum absolute atomic E-state index is 0.122. The number of likely N-dealkylation sites (tertiary alicyclic amines) is 2. The van der Waals surface area contributed by atoms with Crippen LogP contribution in [0.4, 0.5) is 0 Å². The second-order valence-electron chi connectivity index (χ2n) is 12.9. The summed E-state index contributed by atoms with van der Waals surface area (Å²) in [6.07, 6.45) is 2.73. The number of nitrogens with one attached hydrogen (secondary N) is 4. The van der Waals surface area contributed by atoms with Crippen LogP contribution in [0, 0.1) is 0 Å². The molecule has 2 saturated heterocycles. The van der Waals surface area contributed by atoms with E-state index in [1.165, 1.54) is 0 Å². The van der Waals surface area contributed by atoms with Gasteiger partial charge in [0.15, 0.2) is 0 Å². The fourth-order valence-electron chi connectivity index (χ4n) is 6.51. The van der Waals surface area contributed by atoms with E-state index in [-0.39, 0.29) is 24.0 Å². The molecule has 7 rings (SSSR count). The SMILES string of the molecule is O=C(NCCN1CCC(O)CC1)c1ccc2nc(-c3ccc(-c4nc5ccc(C(=O)NCCN6CCC(O)CC6)cc5[nH]4)cc3)[nH]c2c1. The number of hydrogen-bond donors (Lipinski definition) is 6. The van der Waals surface area contributed by atoms with Gasteiger partial charge < -0.3 is 40.6 Å². The maximum absolute atomic E-state index is 12.8. The van der Waals surface area contributed by atoms with Gasteiger partial charge in [-0.25, -0.2) is 9.97 Å². The van der Waals surface area contributed by atoms with Gasteiger partial charge in [0.2, 0.25) is 0 Å². The van der Waals surface area contributed by atoms with Crippen molar-refractivity contribution in [1.29, 1.82) is 0 Å². The number of nitrogens with zero attached hydrogens (tertiary/aromatic N) is 4. The summed E-state index contributed by atoms with van der Waals surface area (Å²) in [6, 6.07) is 18.9. The molecule has 4 heterocycles. The third-order valence-electron chi connectivity index (χ3n) is 9.46. The van der Waals surface area contributed by atoms with E-state index in [1.807, 2.05) is 48.5 Å². The Kier molecular flexibility index (Phi) is 9.48. The molecule has 0 unspecified atom stereocenters. The number of rotatable bonds is 10. The Bertz CT molecular complexity index is 1750. The molecule has 250 valence electrons. The molecule has 12 heteroatoms. The van der Waals surface area contributed by atoms with E-state index in [9.17, 15) is 19.8 Å². The van der Waals surface area contributed by atoms with Crippen molar-refractivity contribution < 1.29 is 19.8 Å². The van der Waals surface area contributed by atoms with Gasteiger partial charge in [-0.05, 0) is 62.1 Å². The highest BCUT2D eigenvalue weighted by Crippen LogP contribution is 2.26. The number of aliphatic hydroxyl groups is 2. The number of amides is 2. The van der Waals surface area contributed by atoms with Gasteiger partial charge in [-0.3, -0.25) is 9.59 Å². The molecule has 0 aliphatic carbocycles. The van der Waals surface area contributed by atoms with Gasteiger partial charge in [0.25, 0.3) is 11.8 Å². The third-order valence-corrected chi connectivity index (χ3v) is 9.46. The first kappa shape index (κ1) is 32.0. The number of carbonyl (C=O) groups is 2. The molecule has 0 atom stereocenters. The van der Waals surface area contributed by atoms with Gasteiger partial charge >= 0.3 is 0 Å². The number of benzene rings is 3. The highest BCUT2D eigenvalue weighted by molar-refractivity contribution is 5.98. The summed E-state index contributed by atoms with van der Waals surface area (Å²) in [7, 11) is 0. The summed E-state index contributed by atoms with van der Waals surface area (Å²) in [5, 5.41) is 25.4. The quantitative estimate of drug-likeness (QED) is 0.134. The van der Waals surface area contributed by atoms with Crippen LogP contribution in [-0.2, 0) is 0 Å². The first-order valence-electron chi connectivity index (χ1n) is 16.9. The summed E-state index contributed by atoms with van der Waals surface area (Å²) in [6.45, 7) is 6.07. The molecule has 6 N–H and O–H groups in total. The molecule has 2 aliphatic heterocycles. The Hall–Kier alpha value is -4.62. The van der Waals surface area contributed by atoms with Crippen LogP contribution in [-0.4, -0.2) is 116 Å². The average Bonchev–Trinajstić information content (AvgIpc) is 3.74. The molecule has 0 saturated carbocycles. The third kappa shape index (κ3) is 7.42. The zero-order chi connectivity index (χ0) is 33.0. The monoisotopic (exact) mass is 650 g/mol. The van der Waals surface area contributed by atoms with Crippen molar-refractivity contribution in [2.75, 3.05) is 52.4 Å². The second kappa shape index (κ2) is 14.2. The molecule has 3 aromatic carbocycles. The van der Waals surface area contributed by atoms with Crippen molar-refractivity contribution in [3.63, 3.8) is 0 Å². The van der Waals surface area contributed by atoms with Crippen molar-refractivity contribution in [3.05, 3.63) is 71.8 Å². The van der Waals surface area contributed by atoms with Crippen LogP contribution in [0.1, 0.15) is 46.4 Å². The predicted molar refractivity (Wildman–Crippen MR) is 185 cm³/mol. The lowest BCUT2D eigenvalue weighted by Crippen LogP contribution is -2.40. The molecule has 5 aromatic rings. The normalized spacial score (nSPS) is 16.9. The first-order chi connectivity index (χ1) is 23.4. The van der Waals surface area contributed by atoms with Crippen molar-refractivity contribution in [2.45, 2.75) is 37.9 Å². The van der Waals surface area contributed by atoms with Gasteiger partial charge in [0, 0.05) is 74.6 Å². The molecular weight excluding hydrogens is 608 g/mol. The number of carbonyl (C=O) groups excluding carboxylic acids is 2. The van der Waals surface area contributed by atoms with Crippen LogP contribution in [0.3, 0.4) is 0 Å². The van der Waals surface area contributed by atoms with Crippen molar-refractivity contribution in [1.82, 2.24) is 40.4 Å². The highest BCUT2D eigenvalue weighted by Gasteiger charge is 2.18. The maximum Gasteiger partial charge on any atom is 0.251 e. The van der Waals surface area contributed by atoms with Crippen LogP contribution in [0.15, 0.2) is 60.7 Å². The number of piperidine rings is 2. The van der Waals surface area contributed by atoms with Crippen LogP contribution in [0.2, 0.25) is 0 Å². The van der Waals surface area contributed by atoms with Crippen LogP contribution in [0.5, 0.6) is 0 Å². The molecule has 2 amide bonds. The van der Waals surface area contributed by atoms with E-state index in [2.05, 4.69) is 30.4 Å². The minimum Gasteiger partial charge on any atom is -0.393 e. The molecule has 12 nitrogen and oxygen atoms in total. The Morgan fingerprint density at radius 2 is 1.04 bits per heavy atom. The molecule has 2 aliphatic rings. The number of imidazole rings is 2. The van der Waals surface area contributed by atoms with Crippen LogP contribution in [0.25, 0.3) is 44.8 Å². The summed E-state index contributed by atoms with van der Waals surface area (Å²) in [4.78, 5) is 46.3. The number of aromatic nitrogens is 4. The molecule has 2 fully saturated rings. The summed E-state index contributed by atoms with van der Waals surface area (Å²) in [5.74, 6) is 1.17. The molecule has 0 spiro atoms. The van der Waals surface area contributed by atoms with E-state index in [4.69, 9.17) is 9.97 Å². The average molecular weight is 651 g/mol. The largest absolute Gasteiger partial charge is 0.393 e. The lowest BCUT2D eigenvalue weighted by Gasteiger charge is -2.29. The number of aliphatic hydroxyl groups excluding tert-OH is 2. The number of fused-ring (bicyclic) bond motifs is 2. The summed E-state index contributed by atoms with van der Waals surface area (Å²) < 4.78 is 0. The zero-order valence-electron chi connectivity index (χ0n) is 26.9. The van der Waals surface area contributed by atoms with Gasteiger partial charge in [0.1, 0.15) is 11.6 Å². The van der Waals surface area contributed by atoms with E-state index in [1.54, 1.807) is 12.1 Å². The Morgan fingerprint density at radius 1 is 0.646 bits per heavy atom. The lowest BCUT2D eigenvalue weighted by molar-refractivity contribution is 0.0804. The smallest absolute Gasteiger partial charge is 0.251 e. The molecular formula is C36H42N8O4. The predicted octanol–water partition coefficient (Wildman–Crippen LogP) is 3.15. The Morgan fingerprint density at radius 3 is 1.44 bits per heavy atom. The second-order valence-corrected chi connectivity index (χ2v) is 12.9. The summed E-state index contributed by atoms with van der Waals surface area (Å²) >= 11 is 0. The van der Waals surface area contributed by atoms with E-state index < -0.39 is 0 Å². The molecule has 2 aromatic heterocycles. The minimum atomic E-state index is -0.203. The number of H-pyrrole nitrogens is 2. The molecule has 48 heavy (non-hydrogen) atoms. The van der Waals surface area contributed by atoms with Gasteiger partial charge in [-0.1, -0.05) is 24.3 Å². The summed E-state index contributed by atoms with van der Waals surface area (Å²) in [5.41, 5.74) is 6.09. The fraction of sp³-hybridized carbons (Fsp3) is 0.389. The topological polar surface area (TPSA) is 162 Å². The van der Waals surface area contributed by atoms with Crippen molar-refractivity contribution in [3.8, 4) is 22.8 Å². The number of aromatic amines is 2. The van der Waals surface area contributed by atoms with Gasteiger partial charge in [0.05, 0.1) is 34.3 Å². The van der Waals surface area contributed by atoms with E-state index in [0.717, 1.165) is 98.1 Å². The van der Waals surface area contributed by atoms with E-state index >= 15 is 0 Å². The van der Waals surface area contributed by atoms with E-state index in [0.29, 0.717) is 35.9 Å². The van der Waals surface area contributed by atoms with Gasteiger partial charge in [-0.2, -0.15) is 0 Å². The van der Waals surface area contributed by atoms with Crippen LogP contribution >= 0.6 is 0 Å². The first-order valence-corrected chi connectivity index (χ1v) is 16.9. The maximum atomic E-state index is 12.8. The van der Waals surface area contributed by atoms with Crippen molar-refractivity contribution >= 4 is 33.9 Å². The van der Waals surface area contributed by atoms with Crippen LogP contribution < -0.4 is 10.6 Å². The molecule has 0 radical (unpaired) electrons. The Balaban J connectivity index is 0.958. The number of hydrogen-bond acceptors (Lipinski definition) is 8. The van der Waals surface area contributed by atoms with Crippen molar-refractivity contribution in [2.24, 2.45) is 0 Å². The lowest BCUT2D eigenvalue weighted by atomic mass is 10.1.